The molecule has 1 saturated carbocycles. The van der Waals surface area contributed by atoms with E-state index in [9.17, 15) is 9.59 Å². The van der Waals surface area contributed by atoms with Gasteiger partial charge in [-0.2, -0.15) is 0 Å². The Morgan fingerprint density at radius 2 is 1.97 bits per heavy atom. The quantitative estimate of drug-likeness (QED) is 0.559. The summed E-state index contributed by atoms with van der Waals surface area (Å²) in [6, 6.07) is 16.1. The number of nitrogens with zero attached hydrogens (tertiary/aromatic N) is 3. The van der Waals surface area contributed by atoms with Crippen molar-refractivity contribution in [3.8, 4) is 0 Å². The van der Waals surface area contributed by atoms with Gasteiger partial charge >= 0.3 is 0 Å². The normalized spacial score (nSPS) is 18.8. The van der Waals surface area contributed by atoms with Crippen LogP contribution < -0.4 is 10.9 Å². The third kappa shape index (κ3) is 5.37. The summed E-state index contributed by atoms with van der Waals surface area (Å²) in [7, 11) is 0. The largest absolute Gasteiger partial charge is 0.376 e. The fourth-order valence-corrected chi connectivity index (χ4v) is 4.72. The smallest absolute Gasteiger partial charge is 0.261 e. The third-order valence-electron chi connectivity index (χ3n) is 6.58. The van der Waals surface area contributed by atoms with Crippen molar-refractivity contribution < 1.29 is 9.53 Å². The number of carbonyl (C=O) groups excluding carboxylic acids is 1. The van der Waals surface area contributed by atoms with E-state index in [0.29, 0.717) is 36.1 Å². The maximum atomic E-state index is 13.0. The van der Waals surface area contributed by atoms with Crippen LogP contribution in [0.1, 0.15) is 49.2 Å². The van der Waals surface area contributed by atoms with E-state index < -0.39 is 0 Å². The number of nitrogens with one attached hydrogen (secondary N) is 1. The zero-order valence-electron chi connectivity index (χ0n) is 19.7. The number of amides is 1. The Hall–Kier alpha value is -3.03. The second-order valence-corrected chi connectivity index (χ2v) is 9.46. The molecule has 2 aromatic carbocycles. The number of rotatable bonds is 8. The van der Waals surface area contributed by atoms with Crippen LogP contribution in [0.5, 0.6) is 0 Å². The average molecular weight is 461 g/mol. The van der Waals surface area contributed by atoms with Gasteiger partial charge in [0.05, 0.1) is 23.6 Å². The predicted molar refractivity (Wildman–Crippen MR) is 132 cm³/mol. The maximum absolute atomic E-state index is 13.0. The van der Waals surface area contributed by atoms with Gasteiger partial charge in [-0.3, -0.25) is 19.1 Å². The van der Waals surface area contributed by atoms with Gasteiger partial charge in [-0.1, -0.05) is 36.4 Å². The summed E-state index contributed by atoms with van der Waals surface area (Å²) >= 11 is 0. The minimum absolute atomic E-state index is 0.00925. The molecule has 0 radical (unpaired) electrons. The highest BCUT2D eigenvalue weighted by Gasteiger charge is 2.28. The molecule has 1 aliphatic heterocycles. The lowest BCUT2D eigenvalue weighted by Gasteiger charge is -2.31. The van der Waals surface area contributed by atoms with Crippen molar-refractivity contribution in [2.45, 2.75) is 57.8 Å². The maximum Gasteiger partial charge on any atom is 0.261 e. The number of morpholine rings is 1. The lowest BCUT2D eigenvalue weighted by molar-refractivity contribution is -0.121. The lowest BCUT2D eigenvalue weighted by atomic mass is 10.1. The van der Waals surface area contributed by atoms with Gasteiger partial charge in [-0.15, -0.1) is 0 Å². The van der Waals surface area contributed by atoms with Gasteiger partial charge in [-0.25, -0.2) is 4.98 Å². The van der Waals surface area contributed by atoms with E-state index in [1.54, 1.807) is 0 Å². The lowest BCUT2D eigenvalue weighted by Crippen LogP contribution is -2.40. The summed E-state index contributed by atoms with van der Waals surface area (Å²) in [4.78, 5) is 32.7. The monoisotopic (exact) mass is 460 g/mol. The zero-order chi connectivity index (χ0) is 23.5. The van der Waals surface area contributed by atoms with Crippen LogP contribution in [0.3, 0.4) is 0 Å². The van der Waals surface area contributed by atoms with Gasteiger partial charge in [0.1, 0.15) is 5.82 Å². The molecule has 1 atom stereocenters. The molecule has 0 bridgehead atoms. The van der Waals surface area contributed by atoms with Crippen molar-refractivity contribution >= 4 is 16.8 Å². The van der Waals surface area contributed by atoms with Gasteiger partial charge in [0.2, 0.25) is 5.91 Å². The standard InChI is InChI=1S/C27H32N4O3/c1-19-17-30(13-14-34-19)18-21-6-4-5-20(15-21)16-28-26(32)12-11-25-29-24-8-3-2-7-23(24)27(33)31(25)22-9-10-22/h2-8,15,19,22H,9-14,16-18H2,1H3,(H,28,32). The number of para-hydroxylation sites is 1. The molecule has 0 spiro atoms. The van der Waals surface area contributed by atoms with Gasteiger partial charge in [0.25, 0.3) is 5.56 Å². The number of aromatic nitrogens is 2. The number of hydrogen-bond acceptors (Lipinski definition) is 5. The van der Waals surface area contributed by atoms with Gasteiger partial charge in [-0.05, 0) is 43.0 Å². The second-order valence-electron chi connectivity index (χ2n) is 9.46. The molecule has 5 rings (SSSR count). The van der Waals surface area contributed by atoms with Gasteiger partial charge < -0.3 is 10.1 Å². The Morgan fingerprint density at radius 3 is 2.79 bits per heavy atom. The highest BCUT2D eigenvalue weighted by Crippen LogP contribution is 2.34. The van der Waals surface area contributed by atoms with E-state index in [0.717, 1.165) is 44.6 Å². The molecular weight excluding hydrogens is 428 g/mol. The van der Waals surface area contributed by atoms with Gasteiger partial charge in [0, 0.05) is 45.1 Å². The molecular formula is C27H32N4O3. The summed E-state index contributed by atoms with van der Waals surface area (Å²) in [5.41, 5.74) is 3.04. The van der Waals surface area contributed by atoms with Crippen LogP contribution in [0, 0.1) is 0 Å². The van der Waals surface area contributed by atoms with Crippen LogP contribution in [0.25, 0.3) is 10.9 Å². The van der Waals surface area contributed by atoms with E-state index >= 15 is 0 Å². The molecule has 1 saturated heterocycles. The van der Waals surface area contributed by atoms with Crippen LogP contribution in [0.2, 0.25) is 0 Å². The average Bonchev–Trinajstić information content (AvgIpc) is 3.67. The first-order valence-electron chi connectivity index (χ1n) is 12.3. The highest BCUT2D eigenvalue weighted by molar-refractivity contribution is 5.78. The van der Waals surface area contributed by atoms with Crippen LogP contribution in [0.15, 0.2) is 53.3 Å². The van der Waals surface area contributed by atoms with E-state index in [1.807, 2.05) is 41.0 Å². The number of carbonyl (C=O) groups is 1. The summed E-state index contributed by atoms with van der Waals surface area (Å²) < 4.78 is 7.44. The first kappa shape index (κ1) is 22.7. The molecule has 178 valence electrons. The SMILES string of the molecule is CC1CN(Cc2cccc(CNC(=O)CCc3nc4ccccc4c(=O)n3C3CC3)c2)CCO1. The summed E-state index contributed by atoms with van der Waals surface area (Å²) in [5, 5.41) is 3.68. The Bertz CT molecular complexity index is 1230. The molecule has 1 N–H and O–H groups in total. The molecule has 1 aliphatic carbocycles. The molecule has 1 unspecified atom stereocenters. The van der Waals surface area contributed by atoms with Crippen LogP contribution in [-0.4, -0.2) is 46.2 Å². The van der Waals surface area contributed by atoms with Crippen molar-refractivity contribution in [2.75, 3.05) is 19.7 Å². The number of ether oxygens (including phenoxy) is 1. The third-order valence-corrected chi connectivity index (χ3v) is 6.58. The van der Waals surface area contributed by atoms with Crippen molar-refractivity contribution in [3.05, 3.63) is 75.8 Å². The summed E-state index contributed by atoms with van der Waals surface area (Å²) in [6.07, 6.45) is 3.03. The molecule has 2 aliphatic rings. The molecule has 7 heteroatoms. The molecule has 34 heavy (non-hydrogen) atoms. The van der Waals surface area contributed by atoms with Crippen molar-refractivity contribution in [2.24, 2.45) is 0 Å². The molecule has 7 nitrogen and oxygen atoms in total. The van der Waals surface area contributed by atoms with Crippen molar-refractivity contribution in [1.29, 1.82) is 0 Å². The Morgan fingerprint density at radius 1 is 1.15 bits per heavy atom. The zero-order valence-corrected chi connectivity index (χ0v) is 19.7. The minimum Gasteiger partial charge on any atom is -0.376 e. The minimum atomic E-state index is -0.0304. The van der Waals surface area contributed by atoms with Gasteiger partial charge in [0.15, 0.2) is 0 Å². The number of benzene rings is 2. The first-order chi connectivity index (χ1) is 16.6. The topological polar surface area (TPSA) is 76.5 Å². The fourth-order valence-electron chi connectivity index (χ4n) is 4.72. The summed E-state index contributed by atoms with van der Waals surface area (Å²) in [6.45, 7) is 6.15. The fraction of sp³-hybridized carbons (Fsp3) is 0.444. The Labute approximate surface area is 199 Å². The van der Waals surface area contributed by atoms with Crippen molar-refractivity contribution in [3.63, 3.8) is 0 Å². The number of hydrogen-bond donors (Lipinski definition) is 1. The molecule has 1 aromatic heterocycles. The van der Waals surface area contributed by atoms with Crippen LogP contribution in [-0.2, 0) is 29.0 Å². The number of fused-ring (bicyclic) bond motifs is 1. The van der Waals surface area contributed by atoms with E-state index in [2.05, 4.69) is 29.3 Å². The predicted octanol–water partition coefficient (Wildman–Crippen LogP) is 3.20. The van der Waals surface area contributed by atoms with Crippen molar-refractivity contribution in [1.82, 2.24) is 19.8 Å². The van der Waals surface area contributed by atoms with Crippen LogP contribution in [0.4, 0.5) is 0 Å². The second kappa shape index (κ2) is 10.1. The summed E-state index contributed by atoms with van der Waals surface area (Å²) in [5.74, 6) is 0.681. The van der Waals surface area contributed by atoms with E-state index in [-0.39, 0.29) is 23.6 Å². The highest BCUT2D eigenvalue weighted by atomic mass is 16.5. The van der Waals surface area contributed by atoms with Crippen LogP contribution >= 0.6 is 0 Å². The molecule has 2 fully saturated rings. The van der Waals surface area contributed by atoms with E-state index in [4.69, 9.17) is 9.72 Å². The Balaban J connectivity index is 1.19. The number of aryl methyl sites for hydroxylation is 1. The molecule has 1 amide bonds. The molecule has 2 heterocycles. The molecule has 3 aromatic rings. The van der Waals surface area contributed by atoms with E-state index in [1.165, 1.54) is 5.56 Å². The Kier molecular flexibility index (Phi) is 6.74. The first-order valence-corrected chi connectivity index (χ1v) is 12.3.